The molecule has 0 bridgehead atoms. The fraction of sp³-hybridized carbons (Fsp3) is 0.222. The van der Waals surface area contributed by atoms with Crippen molar-refractivity contribution in [3.05, 3.63) is 71.3 Å². The number of anilines is 1. The van der Waals surface area contributed by atoms with Crippen LogP contribution >= 0.6 is 11.6 Å². The summed E-state index contributed by atoms with van der Waals surface area (Å²) in [5.41, 5.74) is 4.50. The molecule has 1 aliphatic rings. The van der Waals surface area contributed by atoms with Crippen LogP contribution in [0.15, 0.2) is 60.2 Å². The van der Waals surface area contributed by atoms with Gasteiger partial charge in [-0.15, -0.1) is 11.6 Å². The van der Waals surface area contributed by atoms with Crippen LogP contribution < -0.4 is 5.32 Å². The molecule has 0 radical (unpaired) electrons. The normalized spacial score (nSPS) is 17.1. The smallest absolute Gasteiger partial charge is 0.130 e. The van der Waals surface area contributed by atoms with Crippen LogP contribution in [-0.4, -0.2) is 11.9 Å². The van der Waals surface area contributed by atoms with Crippen molar-refractivity contribution in [2.24, 2.45) is 0 Å². The lowest BCUT2D eigenvalue weighted by Crippen LogP contribution is -2.28. The van der Waals surface area contributed by atoms with Crippen LogP contribution in [0.3, 0.4) is 0 Å². The van der Waals surface area contributed by atoms with Crippen LogP contribution in [0.1, 0.15) is 18.1 Å². The molecule has 0 fully saturated rings. The summed E-state index contributed by atoms with van der Waals surface area (Å²) in [6.07, 6.45) is 0. The molecule has 1 atom stereocenters. The maximum atomic E-state index is 6.12. The molecule has 1 heterocycles. The summed E-state index contributed by atoms with van der Waals surface area (Å²) in [5, 5.41) is 3.45. The Morgan fingerprint density at radius 2 is 1.76 bits per heavy atom. The number of nitrogens with one attached hydrogen (secondary N) is 1. The minimum absolute atomic E-state index is 0.118. The molecule has 0 aromatic heterocycles. The predicted octanol–water partition coefficient (Wildman–Crippen LogP) is 4.67. The average Bonchev–Trinajstić information content (AvgIpc) is 2.54. The van der Waals surface area contributed by atoms with Crippen molar-refractivity contribution in [1.82, 2.24) is 0 Å². The first-order chi connectivity index (χ1) is 10.3. The summed E-state index contributed by atoms with van der Waals surface area (Å²) >= 11 is 6.07. The topological polar surface area (TPSA) is 21.3 Å². The molecule has 0 aliphatic carbocycles. The van der Waals surface area contributed by atoms with Crippen LogP contribution in [0.25, 0.3) is 5.76 Å². The molecule has 3 heteroatoms. The lowest BCUT2D eigenvalue weighted by molar-refractivity contribution is 0.260. The number of fused-ring (bicyclic) bond motifs is 1. The molecule has 0 saturated carbocycles. The van der Waals surface area contributed by atoms with E-state index in [0.29, 0.717) is 12.5 Å². The largest absolute Gasteiger partial charge is 0.488 e. The zero-order valence-electron chi connectivity index (χ0n) is 12.0. The Bertz CT molecular complexity index is 651. The van der Waals surface area contributed by atoms with Gasteiger partial charge in [0.1, 0.15) is 12.4 Å². The molecule has 3 rings (SSSR count). The van der Waals surface area contributed by atoms with Gasteiger partial charge in [0.25, 0.3) is 0 Å². The third kappa shape index (κ3) is 2.91. The molecule has 1 unspecified atom stereocenters. The lowest BCUT2D eigenvalue weighted by Gasteiger charge is -2.29. The Morgan fingerprint density at radius 1 is 1.05 bits per heavy atom. The number of ether oxygens (including phenoxy) is 1. The fourth-order valence-corrected chi connectivity index (χ4v) is 2.86. The summed E-state index contributed by atoms with van der Waals surface area (Å²) < 4.78 is 6.12. The molecule has 0 amide bonds. The van der Waals surface area contributed by atoms with Gasteiger partial charge in [0.2, 0.25) is 0 Å². The molecule has 1 N–H and O–H groups in total. The number of rotatable bonds is 4. The zero-order valence-corrected chi connectivity index (χ0v) is 12.7. The third-order valence-corrected chi connectivity index (χ3v) is 4.07. The standard InChI is InChI=1S/C18H18ClNO/c1-13-17(11-19)20-16-10-6-5-9-15(16)18(13)21-12-14-7-3-2-4-8-14/h2-10,17,20H,11-12H2,1H3. The van der Waals surface area contributed by atoms with Crippen molar-refractivity contribution in [3.63, 3.8) is 0 Å². The highest BCUT2D eigenvalue weighted by Gasteiger charge is 2.24. The second kappa shape index (κ2) is 6.23. The molecular weight excluding hydrogens is 282 g/mol. The maximum absolute atomic E-state index is 6.12. The molecule has 1 aliphatic heterocycles. The Labute approximate surface area is 130 Å². The SMILES string of the molecule is CC1=C(OCc2ccccc2)c2ccccc2NC1CCl. The number of alkyl halides is 1. The summed E-state index contributed by atoms with van der Waals surface area (Å²) in [7, 11) is 0. The van der Waals surface area contributed by atoms with E-state index in [9.17, 15) is 0 Å². The first kappa shape index (κ1) is 14.0. The van der Waals surface area contributed by atoms with Gasteiger partial charge in [-0.3, -0.25) is 0 Å². The van der Waals surface area contributed by atoms with Crippen molar-refractivity contribution in [2.75, 3.05) is 11.2 Å². The summed E-state index contributed by atoms with van der Waals surface area (Å²) in [6.45, 7) is 2.65. The van der Waals surface area contributed by atoms with Gasteiger partial charge >= 0.3 is 0 Å². The van der Waals surface area contributed by atoms with E-state index in [2.05, 4.69) is 36.5 Å². The van der Waals surface area contributed by atoms with E-state index in [1.54, 1.807) is 0 Å². The highest BCUT2D eigenvalue weighted by Crippen LogP contribution is 2.35. The predicted molar refractivity (Wildman–Crippen MR) is 88.4 cm³/mol. The quantitative estimate of drug-likeness (QED) is 0.829. The summed E-state index contributed by atoms with van der Waals surface area (Å²) in [6, 6.07) is 18.5. The van der Waals surface area contributed by atoms with Crippen molar-refractivity contribution >= 4 is 23.0 Å². The highest BCUT2D eigenvalue weighted by atomic mass is 35.5. The Morgan fingerprint density at radius 3 is 2.52 bits per heavy atom. The number of hydrogen-bond donors (Lipinski definition) is 1. The van der Waals surface area contributed by atoms with Crippen molar-refractivity contribution in [2.45, 2.75) is 19.6 Å². The number of hydrogen-bond acceptors (Lipinski definition) is 2. The molecule has 0 spiro atoms. The zero-order chi connectivity index (χ0) is 14.7. The van der Waals surface area contributed by atoms with Crippen molar-refractivity contribution < 1.29 is 4.74 Å². The van der Waals surface area contributed by atoms with Crippen LogP contribution in [0.5, 0.6) is 0 Å². The fourth-order valence-electron chi connectivity index (χ4n) is 2.55. The molecule has 2 nitrogen and oxygen atoms in total. The van der Waals surface area contributed by atoms with E-state index in [1.165, 1.54) is 0 Å². The first-order valence-electron chi connectivity index (χ1n) is 7.09. The maximum Gasteiger partial charge on any atom is 0.130 e. The van der Waals surface area contributed by atoms with E-state index >= 15 is 0 Å². The minimum Gasteiger partial charge on any atom is -0.488 e. The molecule has 0 saturated heterocycles. The molecule has 2 aromatic carbocycles. The van der Waals surface area contributed by atoms with Gasteiger partial charge in [0.15, 0.2) is 0 Å². The van der Waals surface area contributed by atoms with Gasteiger partial charge in [-0.2, -0.15) is 0 Å². The van der Waals surface area contributed by atoms with Gasteiger partial charge in [-0.25, -0.2) is 0 Å². The second-order valence-corrected chi connectivity index (χ2v) is 5.49. The van der Waals surface area contributed by atoms with Crippen molar-refractivity contribution in [1.29, 1.82) is 0 Å². The van der Waals surface area contributed by atoms with Gasteiger partial charge in [0.05, 0.1) is 6.04 Å². The van der Waals surface area contributed by atoms with Crippen LogP contribution in [-0.2, 0) is 11.3 Å². The van der Waals surface area contributed by atoms with Crippen LogP contribution in [0.4, 0.5) is 5.69 Å². The average molecular weight is 300 g/mol. The lowest BCUT2D eigenvalue weighted by atomic mass is 9.97. The Balaban J connectivity index is 1.89. The number of benzene rings is 2. The second-order valence-electron chi connectivity index (χ2n) is 5.18. The van der Waals surface area contributed by atoms with Gasteiger partial charge < -0.3 is 10.1 Å². The van der Waals surface area contributed by atoms with Crippen LogP contribution in [0, 0.1) is 0 Å². The van der Waals surface area contributed by atoms with Crippen LogP contribution in [0.2, 0.25) is 0 Å². The third-order valence-electron chi connectivity index (χ3n) is 3.76. The number of halogens is 1. The van der Waals surface area contributed by atoms with Gasteiger partial charge in [-0.1, -0.05) is 42.5 Å². The monoisotopic (exact) mass is 299 g/mol. The van der Waals surface area contributed by atoms with Crippen molar-refractivity contribution in [3.8, 4) is 0 Å². The van der Waals surface area contributed by atoms with E-state index in [-0.39, 0.29) is 6.04 Å². The van der Waals surface area contributed by atoms with E-state index < -0.39 is 0 Å². The number of para-hydroxylation sites is 1. The van der Waals surface area contributed by atoms with Gasteiger partial charge in [-0.05, 0) is 30.2 Å². The molecule has 108 valence electrons. The summed E-state index contributed by atoms with van der Waals surface area (Å²) in [5.74, 6) is 1.47. The van der Waals surface area contributed by atoms with Gasteiger partial charge in [0, 0.05) is 17.1 Å². The first-order valence-corrected chi connectivity index (χ1v) is 7.62. The molecule has 2 aromatic rings. The molecular formula is C18H18ClNO. The molecule has 21 heavy (non-hydrogen) atoms. The highest BCUT2D eigenvalue weighted by molar-refractivity contribution is 6.18. The van der Waals surface area contributed by atoms with E-state index in [0.717, 1.165) is 28.1 Å². The minimum atomic E-state index is 0.118. The van der Waals surface area contributed by atoms with E-state index in [1.807, 2.05) is 30.3 Å². The summed E-state index contributed by atoms with van der Waals surface area (Å²) in [4.78, 5) is 0. The Hall–Kier alpha value is -1.93. The van der Waals surface area contributed by atoms with E-state index in [4.69, 9.17) is 16.3 Å². The Kier molecular flexibility index (Phi) is 4.16.